The zero-order valence-corrected chi connectivity index (χ0v) is 7.50. The molecule has 0 fully saturated rings. The van der Waals surface area contributed by atoms with Crippen LogP contribution in [0.25, 0.3) is 10.9 Å². The number of hydrogen-bond donors (Lipinski definition) is 2. The van der Waals surface area contributed by atoms with Crippen molar-refractivity contribution in [2.45, 2.75) is 6.43 Å². The van der Waals surface area contributed by atoms with E-state index < -0.39 is 12.4 Å². The van der Waals surface area contributed by atoms with Crippen LogP contribution in [-0.4, -0.2) is 16.1 Å². The molecule has 15 heavy (non-hydrogen) atoms. The molecule has 1 aromatic heterocycles. The second-order valence-electron chi connectivity index (χ2n) is 3.14. The Bertz CT molecular complexity index is 519. The van der Waals surface area contributed by atoms with E-state index in [2.05, 4.69) is 4.98 Å². The lowest BCUT2D eigenvalue weighted by Gasteiger charge is -1.97. The number of H-pyrrole nitrogens is 1. The van der Waals surface area contributed by atoms with Crippen molar-refractivity contribution in [1.29, 1.82) is 0 Å². The molecule has 0 aliphatic carbocycles. The molecule has 0 atom stereocenters. The van der Waals surface area contributed by atoms with Crippen molar-refractivity contribution in [2.75, 3.05) is 0 Å². The molecule has 0 aliphatic rings. The molecule has 1 aromatic carbocycles. The Morgan fingerprint density at radius 2 is 2.07 bits per heavy atom. The summed E-state index contributed by atoms with van der Waals surface area (Å²) in [4.78, 5) is 13.2. The molecule has 5 heteroatoms. The van der Waals surface area contributed by atoms with Crippen molar-refractivity contribution in [3.63, 3.8) is 0 Å². The molecule has 0 spiro atoms. The normalized spacial score (nSPS) is 11.1. The minimum absolute atomic E-state index is 0.00332. The molecule has 1 heterocycles. The fourth-order valence-electron chi connectivity index (χ4n) is 1.40. The van der Waals surface area contributed by atoms with Gasteiger partial charge in [-0.1, -0.05) is 6.07 Å². The van der Waals surface area contributed by atoms with Gasteiger partial charge >= 0.3 is 5.97 Å². The average molecular weight is 211 g/mol. The van der Waals surface area contributed by atoms with E-state index in [0.717, 1.165) is 0 Å². The van der Waals surface area contributed by atoms with E-state index in [1.807, 2.05) is 0 Å². The number of aromatic amines is 1. The van der Waals surface area contributed by atoms with Gasteiger partial charge < -0.3 is 10.1 Å². The van der Waals surface area contributed by atoms with E-state index in [1.165, 1.54) is 24.3 Å². The molecule has 0 radical (unpaired) electrons. The molecule has 2 N–H and O–H groups in total. The van der Waals surface area contributed by atoms with E-state index in [-0.39, 0.29) is 11.3 Å². The molecular formula is C10H7F2NO2. The van der Waals surface area contributed by atoms with Crippen molar-refractivity contribution < 1.29 is 18.7 Å². The second-order valence-corrected chi connectivity index (χ2v) is 3.14. The molecule has 2 rings (SSSR count). The van der Waals surface area contributed by atoms with Crippen LogP contribution in [0.3, 0.4) is 0 Å². The van der Waals surface area contributed by atoms with Crippen LogP contribution in [0.1, 0.15) is 22.5 Å². The van der Waals surface area contributed by atoms with Crippen LogP contribution in [0, 0.1) is 0 Å². The van der Waals surface area contributed by atoms with Gasteiger partial charge in [0.05, 0.1) is 0 Å². The number of carboxylic acids is 1. The summed E-state index contributed by atoms with van der Waals surface area (Å²) < 4.78 is 24.7. The quantitative estimate of drug-likeness (QED) is 0.802. The predicted octanol–water partition coefficient (Wildman–Crippen LogP) is 2.80. The Balaban J connectivity index is 2.57. The third kappa shape index (κ3) is 1.68. The summed E-state index contributed by atoms with van der Waals surface area (Å²) in [5.74, 6) is -1.11. The van der Waals surface area contributed by atoms with Crippen LogP contribution >= 0.6 is 0 Å². The van der Waals surface area contributed by atoms with Gasteiger partial charge in [0.15, 0.2) is 0 Å². The van der Waals surface area contributed by atoms with Crippen LogP contribution in [0.4, 0.5) is 8.78 Å². The highest BCUT2D eigenvalue weighted by atomic mass is 19.3. The van der Waals surface area contributed by atoms with E-state index in [4.69, 9.17) is 5.11 Å². The lowest BCUT2D eigenvalue weighted by Crippen LogP contribution is -1.94. The van der Waals surface area contributed by atoms with E-state index >= 15 is 0 Å². The standard InChI is InChI=1S/C10H7F2NO2/c11-9(12)5-1-2-7-6(3-5)4-8(13-7)10(14)15/h1-4,9,13H,(H,14,15). The fourth-order valence-corrected chi connectivity index (χ4v) is 1.40. The molecular weight excluding hydrogens is 204 g/mol. The van der Waals surface area contributed by atoms with Crippen LogP contribution in [0.15, 0.2) is 24.3 Å². The second kappa shape index (κ2) is 3.34. The SMILES string of the molecule is O=C(O)c1cc2cc(C(F)F)ccc2[nH]1. The first-order valence-electron chi connectivity index (χ1n) is 4.22. The minimum atomic E-state index is -2.54. The largest absolute Gasteiger partial charge is 0.477 e. The lowest BCUT2D eigenvalue weighted by atomic mass is 10.1. The molecule has 0 amide bonds. The Labute approximate surface area is 83.3 Å². The van der Waals surface area contributed by atoms with E-state index in [0.29, 0.717) is 10.9 Å². The number of hydrogen-bond acceptors (Lipinski definition) is 1. The third-order valence-corrected chi connectivity index (χ3v) is 2.13. The molecule has 0 bridgehead atoms. The topological polar surface area (TPSA) is 53.1 Å². The number of benzene rings is 1. The number of carbonyl (C=O) groups is 1. The summed E-state index contributed by atoms with van der Waals surface area (Å²) in [5.41, 5.74) is 0.423. The lowest BCUT2D eigenvalue weighted by molar-refractivity contribution is 0.0691. The molecule has 2 aromatic rings. The van der Waals surface area contributed by atoms with Gasteiger partial charge in [-0.3, -0.25) is 0 Å². The van der Waals surface area contributed by atoms with Crippen LogP contribution in [-0.2, 0) is 0 Å². The molecule has 0 saturated heterocycles. The minimum Gasteiger partial charge on any atom is -0.477 e. The summed E-state index contributed by atoms with van der Waals surface area (Å²) in [6, 6.07) is 5.34. The summed E-state index contributed by atoms with van der Waals surface area (Å²) in [7, 11) is 0. The van der Waals surface area contributed by atoms with Gasteiger partial charge in [0, 0.05) is 16.5 Å². The zero-order valence-electron chi connectivity index (χ0n) is 7.50. The zero-order chi connectivity index (χ0) is 11.0. The first-order valence-corrected chi connectivity index (χ1v) is 4.22. The van der Waals surface area contributed by atoms with E-state index in [1.54, 1.807) is 0 Å². The maximum atomic E-state index is 12.3. The molecule has 0 saturated carbocycles. The highest BCUT2D eigenvalue weighted by Crippen LogP contribution is 2.24. The predicted molar refractivity (Wildman–Crippen MR) is 50.2 cm³/mol. The number of aromatic nitrogens is 1. The Morgan fingerprint density at radius 3 is 2.67 bits per heavy atom. The number of carboxylic acid groups (broad SMARTS) is 1. The highest BCUT2D eigenvalue weighted by Gasteiger charge is 2.11. The Hall–Kier alpha value is -1.91. The maximum Gasteiger partial charge on any atom is 0.352 e. The summed E-state index contributed by atoms with van der Waals surface area (Å²) in [6.45, 7) is 0. The molecule has 0 aliphatic heterocycles. The number of fused-ring (bicyclic) bond motifs is 1. The number of rotatable bonds is 2. The molecule has 78 valence electrons. The van der Waals surface area contributed by atoms with Gasteiger partial charge in [0.25, 0.3) is 6.43 Å². The van der Waals surface area contributed by atoms with Crippen molar-refractivity contribution in [3.05, 3.63) is 35.5 Å². The van der Waals surface area contributed by atoms with Gasteiger partial charge in [-0.15, -0.1) is 0 Å². The molecule has 3 nitrogen and oxygen atoms in total. The Morgan fingerprint density at radius 1 is 1.33 bits per heavy atom. The summed E-state index contributed by atoms with van der Waals surface area (Å²) in [6.07, 6.45) is -2.54. The van der Waals surface area contributed by atoms with Gasteiger partial charge in [-0.05, 0) is 18.2 Å². The fraction of sp³-hybridized carbons (Fsp3) is 0.100. The van der Waals surface area contributed by atoms with Gasteiger partial charge in [-0.2, -0.15) is 0 Å². The van der Waals surface area contributed by atoms with Crippen molar-refractivity contribution in [1.82, 2.24) is 4.98 Å². The summed E-state index contributed by atoms with van der Waals surface area (Å²) >= 11 is 0. The van der Waals surface area contributed by atoms with Crippen LogP contribution in [0.5, 0.6) is 0 Å². The number of halogens is 2. The van der Waals surface area contributed by atoms with Crippen LogP contribution < -0.4 is 0 Å². The van der Waals surface area contributed by atoms with E-state index in [9.17, 15) is 13.6 Å². The van der Waals surface area contributed by atoms with Crippen molar-refractivity contribution in [3.8, 4) is 0 Å². The smallest absolute Gasteiger partial charge is 0.352 e. The first-order chi connectivity index (χ1) is 7.08. The van der Waals surface area contributed by atoms with Crippen molar-refractivity contribution >= 4 is 16.9 Å². The highest BCUT2D eigenvalue weighted by molar-refractivity contribution is 5.93. The van der Waals surface area contributed by atoms with Crippen molar-refractivity contribution in [2.24, 2.45) is 0 Å². The maximum absolute atomic E-state index is 12.3. The van der Waals surface area contributed by atoms with Crippen LogP contribution in [0.2, 0.25) is 0 Å². The first kappa shape index (κ1) is 9.64. The van der Waals surface area contributed by atoms with Gasteiger partial charge in [-0.25, -0.2) is 13.6 Å². The Kier molecular flexibility index (Phi) is 2.15. The number of alkyl halides is 2. The van der Waals surface area contributed by atoms with Gasteiger partial charge in [0.2, 0.25) is 0 Å². The molecule has 0 unspecified atom stereocenters. The average Bonchev–Trinajstić information content (AvgIpc) is 2.59. The monoisotopic (exact) mass is 211 g/mol. The number of aromatic carboxylic acids is 1. The summed E-state index contributed by atoms with van der Waals surface area (Å²) in [5, 5.41) is 9.16. The number of nitrogens with one attached hydrogen (secondary N) is 1. The van der Waals surface area contributed by atoms with Gasteiger partial charge in [0.1, 0.15) is 5.69 Å². The third-order valence-electron chi connectivity index (χ3n) is 2.13.